The van der Waals surface area contributed by atoms with E-state index < -0.39 is 0 Å². The van der Waals surface area contributed by atoms with Gasteiger partial charge in [-0.05, 0) is 50.7 Å². The van der Waals surface area contributed by atoms with Gasteiger partial charge in [-0.2, -0.15) is 0 Å². The van der Waals surface area contributed by atoms with E-state index in [0.29, 0.717) is 6.54 Å². The summed E-state index contributed by atoms with van der Waals surface area (Å²) in [6, 6.07) is 9.87. The van der Waals surface area contributed by atoms with Crippen LogP contribution in [0.15, 0.2) is 35.7 Å². The molecule has 7 heteroatoms. The second-order valence-corrected chi connectivity index (χ2v) is 7.96. The van der Waals surface area contributed by atoms with Crippen molar-refractivity contribution in [2.24, 2.45) is 0 Å². The number of fused-ring (bicyclic) bond motifs is 1. The third-order valence-electron chi connectivity index (χ3n) is 3.70. The lowest BCUT2D eigenvalue weighted by Crippen LogP contribution is -2.36. The number of rotatable bonds is 5. The molecule has 2 heterocycles. The van der Waals surface area contributed by atoms with Crippen LogP contribution >= 0.6 is 22.7 Å². The fraction of sp³-hybridized carbons (Fsp3) is 0.294. The van der Waals surface area contributed by atoms with E-state index in [1.165, 1.54) is 4.88 Å². The monoisotopic (exact) mass is 360 g/mol. The predicted molar refractivity (Wildman–Crippen MR) is 102 cm³/mol. The average molecular weight is 361 g/mol. The Morgan fingerprint density at radius 3 is 2.88 bits per heavy atom. The summed E-state index contributed by atoms with van der Waals surface area (Å²) in [5, 5.41) is 8.93. The molecule has 2 N–H and O–H groups in total. The molecule has 0 aliphatic heterocycles. The Bertz CT molecular complexity index is 826. The maximum Gasteiger partial charge on any atom is 0.319 e. The lowest BCUT2D eigenvalue weighted by molar-refractivity contribution is 0.244. The summed E-state index contributed by atoms with van der Waals surface area (Å²) in [5.41, 5.74) is 1.75. The van der Waals surface area contributed by atoms with Crippen LogP contribution in [0, 0.1) is 6.92 Å². The molecule has 2 aromatic heterocycles. The van der Waals surface area contributed by atoms with Gasteiger partial charge in [0.2, 0.25) is 0 Å². The molecular formula is C17H20N4OS2. The lowest BCUT2D eigenvalue weighted by Gasteiger charge is -2.23. The molecule has 2 amide bonds. The molecule has 3 aromatic rings. The van der Waals surface area contributed by atoms with Crippen LogP contribution in [0.1, 0.15) is 15.9 Å². The molecule has 0 bridgehead atoms. The number of aromatic nitrogens is 1. The molecule has 0 spiro atoms. The summed E-state index contributed by atoms with van der Waals surface area (Å²) in [7, 11) is 4.04. The van der Waals surface area contributed by atoms with Crippen molar-refractivity contribution in [3.8, 4) is 0 Å². The minimum absolute atomic E-state index is 0.169. The Hall–Kier alpha value is -1.96. The molecular weight excluding hydrogens is 340 g/mol. The second kappa shape index (κ2) is 7.29. The molecule has 0 radical (unpaired) electrons. The van der Waals surface area contributed by atoms with Crippen molar-refractivity contribution in [3.63, 3.8) is 0 Å². The van der Waals surface area contributed by atoms with Crippen LogP contribution in [0.2, 0.25) is 0 Å². The van der Waals surface area contributed by atoms with Gasteiger partial charge in [0.05, 0.1) is 21.3 Å². The Morgan fingerprint density at radius 2 is 2.17 bits per heavy atom. The maximum absolute atomic E-state index is 12.2. The summed E-state index contributed by atoms with van der Waals surface area (Å²) in [6.45, 7) is 2.54. The number of nitrogens with zero attached hydrogens (tertiary/aromatic N) is 2. The van der Waals surface area contributed by atoms with E-state index in [9.17, 15) is 4.79 Å². The fourth-order valence-electron chi connectivity index (χ4n) is 2.50. The number of hydrogen-bond acceptors (Lipinski definition) is 5. The molecule has 1 atom stereocenters. The molecule has 24 heavy (non-hydrogen) atoms. The SMILES string of the molecule is Cc1nc2ccc(NC(=O)NC[C@H](c3cccs3)N(C)C)cc2s1. The number of urea groups is 1. The van der Waals surface area contributed by atoms with Gasteiger partial charge in [-0.1, -0.05) is 6.07 Å². The van der Waals surface area contributed by atoms with E-state index in [1.54, 1.807) is 22.7 Å². The summed E-state index contributed by atoms with van der Waals surface area (Å²) >= 11 is 3.33. The first-order chi connectivity index (χ1) is 11.5. The Balaban J connectivity index is 1.61. The summed E-state index contributed by atoms with van der Waals surface area (Å²) in [5.74, 6) is 0. The number of carbonyl (C=O) groups is 1. The molecule has 5 nitrogen and oxygen atoms in total. The van der Waals surface area contributed by atoms with Crippen LogP contribution in [0.4, 0.5) is 10.5 Å². The van der Waals surface area contributed by atoms with E-state index in [2.05, 4.69) is 32.0 Å². The van der Waals surface area contributed by atoms with E-state index in [0.717, 1.165) is 20.9 Å². The van der Waals surface area contributed by atoms with E-state index in [-0.39, 0.29) is 12.1 Å². The molecule has 0 aliphatic rings. The van der Waals surface area contributed by atoms with Gasteiger partial charge in [0, 0.05) is 17.1 Å². The smallest absolute Gasteiger partial charge is 0.319 e. The third-order valence-corrected chi connectivity index (χ3v) is 5.61. The highest BCUT2D eigenvalue weighted by Gasteiger charge is 2.16. The number of benzene rings is 1. The molecule has 0 fully saturated rings. The van der Waals surface area contributed by atoms with Gasteiger partial charge < -0.3 is 15.5 Å². The van der Waals surface area contributed by atoms with E-state index in [4.69, 9.17) is 0 Å². The predicted octanol–water partition coefficient (Wildman–Crippen LogP) is 4.09. The van der Waals surface area contributed by atoms with Gasteiger partial charge in [0.25, 0.3) is 0 Å². The minimum Gasteiger partial charge on any atom is -0.336 e. The van der Waals surface area contributed by atoms with Gasteiger partial charge in [-0.3, -0.25) is 0 Å². The van der Waals surface area contributed by atoms with Crippen molar-refractivity contribution in [2.75, 3.05) is 26.0 Å². The van der Waals surface area contributed by atoms with Crippen molar-refractivity contribution in [1.29, 1.82) is 0 Å². The zero-order chi connectivity index (χ0) is 17.1. The van der Waals surface area contributed by atoms with Crippen molar-refractivity contribution in [3.05, 3.63) is 45.6 Å². The minimum atomic E-state index is -0.195. The van der Waals surface area contributed by atoms with Crippen LogP contribution in [0.5, 0.6) is 0 Å². The number of thiophene rings is 1. The first-order valence-corrected chi connectivity index (χ1v) is 9.34. The van der Waals surface area contributed by atoms with Crippen molar-refractivity contribution < 1.29 is 4.79 Å². The van der Waals surface area contributed by atoms with Crippen LogP contribution in [0.25, 0.3) is 10.2 Å². The van der Waals surface area contributed by atoms with Crippen molar-refractivity contribution in [1.82, 2.24) is 15.2 Å². The molecule has 0 aliphatic carbocycles. The van der Waals surface area contributed by atoms with Gasteiger partial charge in [0.15, 0.2) is 0 Å². The Kier molecular flexibility index (Phi) is 5.13. The number of hydrogen-bond donors (Lipinski definition) is 2. The summed E-state index contributed by atoms with van der Waals surface area (Å²) in [4.78, 5) is 20.0. The molecule has 0 saturated carbocycles. The first kappa shape index (κ1) is 16.9. The second-order valence-electron chi connectivity index (χ2n) is 5.75. The largest absolute Gasteiger partial charge is 0.336 e. The van der Waals surface area contributed by atoms with Crippen LogP contribution in [0.3, 0.4) is 0 Å². The van der Waals surface area contributed by atoms with Gasteiger partial charge in [0.1, 0.15) is 0 Å². The standard InChI is InChI=1S/C17H20N4OS2/c1-11-19-13-7-6-12(9-16(13)24-11)20-17(22)18-10-14(21(2)3)15-5-4-8-23-15/h4-9,14H,10H2,1-3H3,(H2,18,20,22)/t14-/m1/s1. The van der Waals surface area contributed by atoms with Crippen LogP contribution in [-0.4, -0.2) is 36.6 Å². The number of nitrogens with one attached hydrogen (secondary N) is 2. The third kappa shape index (κ3) is 3.92. The van der Waals surface area contributed by atoms with Gasteiger partial charge in [-0.25, -0.2) is 9.78 Å². The maximum atomic E-state index is 12.2. The zero-order valence-electron chi connectivity index (χ0n) is 13.9. The Labute approximate surface area is 149 Å². The highest BCUT2D eigenvalue weighted by Crippen LogP contribution is 2.25. The van der Waals surface area contributed by atoms with Gasteiger partial charge >= 0.3 is 6.03 Å². The van der Waals surface area contributed by atoms with Crippen molar-refractivity contribution >= 4 is 44.6 Å². The zero-order valence-corrected chi connectivity index (χ0v) is 15.5. The number of anilines is 1. The van der Waals surface area contributed by atoms with E-state index in [1.807, 2.05) is 45.3 Å². The van der Waals surface area contributed by atoms with Gasteiger partial charge in [-0.15, -0.1) is 22.7 Å². The molecule has 0 unspecified atom stereocenters. The molecule has 3 rings (SSSR count). The number of likely N-dealkylation sites (N-methyl/N-ethyl adjacent to an activating group) is 1. The lowest BCUT2D eigenvalue weighted by atomic mass is 10.2. The van der Waals surface area contributed by atoms with Crippen molar-refractivity contribution in [2.45, 2.75) is 13.0 Å². The summed E-state index contributed by atoms with van der Waals surface area (Å²) in [6.07, 6.45) is 0. The first-order valence-electron chi connectivity index (χ1n) is 7.65. The molecule has 0 saturated heterocycles. The highest BCUT2D eigenvalue weighted by atomic mass is 32.1. The normalized spacial score (nSPS) is 12.5. The van der Waals surface area contributed by atoms with E-state index >= 15 is 0 Å². The quantitative estimate of drug-likeness (QED) is 0.720. The fourth-order valence-corrected chi connectivity index (χ4v) is 4.29. The number of thiazole rings is 1. The molecule has 126 valence electrons. The summed E-state index contributed by atoms with van der Waals surface area (Å²) < 4.78 is 1.08. The number of amides is 2. The Morgan fingerprint density at radius 1 is 1.33 bits per heavy atom. The van der Waals surface area contributed by atoms with Crippen LogP contribution in [-0.2, 0) is 0 Å². The average Bonchev–Trinajstić information content (AvgIpc) is 3.15. The highest BCUT2D eigenvalue weighted by molar-refractivity contribution is 7.18. The number of aryl methyl sites for hydroxylation is 1. The van der Waals surface area contributed by atoms with Crippen LogP contribution < -0.4 is 10.6 Å². The topological polar surface area (TPSA) is 57.3 Å². The number of carbonyl (C=O) groups excluding carboxylic acids is 1. The molecule has 1 aromatic carbocycles.